The molecule has 102 valence electrons. The maximum Gasteiger partial charge on any atom is 0.0815 e. The monoisotopic (exact) mass is 277 g/mol. The smallest absolute Gasteiger partial charge is 0.0815 e. The molecular weight excluding hydrogens is 258 g/mol. The first-order valence-electron chi connectivity index (χ1n) is 6.67. The summed E-state index contributed by atoms with van der Waals surface area (Å²) in [4.78, 5) is 0. The molecule has 0 amide bonds. The van der Waals surface area contributed by atoms with Crippen LogP contribution in [0, 0.1) is 6.92 Å². The normalized spacial score (nSPS) is 10.9. The van der Waals surface area contributed by atoms with Crippen LogP contribution in [-0.4, -0.2) is 16.3 Å². The highest BCUT2D eigenvalue weighted by Gasteiger charge is 2.04. The fourth-order valence-corrected chi connectivity index (χ4v) is 2.07. The van der Waals surface area contributed by atoms with E-state index in [0.29, 0.717) is 0 Å². The lowest BCUT2D eigenvalue weighted by Gasteiger charge is -2.07. The van der Waals surface area contributed by atoms with Gasteiger partial charge in [0.1, 0.15) is 0 Å². The molecule has 1 N–H and O–H groups in total. The minimum absolute atomic E-state index is 0.723. The zero-order valence-corrected chi connectivity index (χ0v) is 12.2. The molecule has 0 saturated carbocycles. The van der Waals surface area contributed by atoms with Crippen LogP contribution in [0.2, 0.25) is 5.02 Å². The van der Waals surface area contributed by atoms with Gasteiger partial charge >= 0.3 is 0 Å². The Bertz CT molecular complexity index is 517. The third-order valence-electron chi connectivity index (χ3n) is 3.15. The van der Waals surface area contributed by atoms with E-state index in [4.69, 9.17) is 11.6 Å². The van der Waals surface area contributed by atoms with Gasteiger partial charge in [-0.1, -0.05) is 42.8 Å². The van der Waals surface area contributed by atoms with E-state index in [1.807, 2.05) is 11.6 Å². The molecule has 0 fully saturated rings. The molecule has 0 radical (unpaired) electrons. The number of hydrogen-bond donors (Lipinski definition) is 1. The molecular formula is C15H20ClN3. The predicted molar refractivity (Wildman–Crippen MR) is 79.5 cm³/mol. The van der Waals surface area contributed by atoms with Crippen LogP contribution in [0.3, 0.4) is 0 Å². The lowest BCUT2D eigenvalue weighted by atomic mass is 10.1. The van der Waals surface area contributed by atoms with Gasteiger partial charge in [-0.3, -0.25) is 4.68 Å². The summed E-state index contributed by atoms with van der Waals surface area (Å²) in [5, 5.41) is 8.39. The quantitative estimate of drug-likeness (QED) is 0.820. The number of rotatable bonds is 6. The topological polar surface area (TPSA) is 29.9 Å². The minimum Gasteiger partial charge on any atom is -0.313 e. The third-order valence-corrected chi connectivity index (χ3v) is 3.53. The molecule has 0 aliphatic heterocycles. The average molecular weight is 278 g/mol. The number of hydrogen-bond acceptors (Lipinski definition) is 2. The van der Waals surface area contributed by atoms with E-state index in [9.17, 15) is 0 Å². The van der Waals surface area contributed by atoms with Gasteiger partial charge in [-0.2, -0.15) is 5.10 Å². The number of nitrogens with zero attached hydrogens (tertiary/aromatic N) is 2. The van der Waals surface area contributed by atoms with Crippen molar-refractivity contribution in [2.75, 3.05) is 6.54 Å². The number of benzene rings is 1. The molecule has 1 heterocycles. The van der Waals surface area contributed by atoms with Gasteiger partial charge in [0.15, 0.2) is 0 Å². The first-order valence-corrected chi connectivity index (χ1v) is 7.05. The number of halogens is 1. The number of nitrogens with one attached hydrogen (secondary N) is 1. The molecule has 0 aliphatic carbocycles. The second-order valence-corrected chi connectivity index (χ2v) is 5.14. The molecule has 3 nitrogen and oxygen atoms in total. The summed E-state index contributed by atoms with van der Waals surface area (Å²) < 4.78 is 1.92. The van der Waals surface area contributed by atoms with Gasteiger partial charge in [-0.05, 0) is 31.0 Å². The highest BCUT2D eigenvalue weighted by atomic mass is 35.5. The lowest BCUT2D eigenvalue weighted by Crippen LogP contribution is -2.13. The van der Waals surface area contributed by atoms with E-state index in [1.165, 1.54) is 11.1 Å². The van der Waals surface area contributed by atoms with Crippen molar-refractivity contribution in [2.24, 2.45) is 0 Å². The van der Waals surface area contributed by atoms with Gasteiger partial charge < -0.3 is 5.32 Å². The highest BCUT2D eigenvalue weighted by molar-refractivity contribution is 6.31. The molecule has 4 heteroatoms. The Morgan fingerprint density at radius 2 is 1.89 bits per heavy atom. The molecule has 0 bridgehead atoms. The van der Waals surface area contributed by atoms with Crippen molar-refractivity contribution in [1.82, 2.24) is 15.1 Å². The summed E-state index contributed by atoms with van der Waals surface area (Å²) in [6.07, 6.45) is 2.86. The van der Waals surface area contributed by atoms with Crippen molar-refractivity contribution in [3.8, 4) is 0 Å². The molecule has 0 spiro atoms. The van der Waals surface area contributed by atoms with Crippen molar-refractivity contribution >= 4 is 11.6 Å². The van der Waals surface area contributed by atoms with Crippen LogP contribution in [0.5, 0.6) is 0 Å². The van der Waals surface area contributed by atoms with Crippen molar-refractivity contribution < 1.29 is 0 Å². The van der Waals surface area contributed by atoms with Crippen LogP contribution in [0.4, 0.5) is 0 Å². The van der Waals surface area contributed by atoms with E-state index in [1.54, 1.807) is 6.20 Å². The maximum absolute atomic E-state index is 6.00. The summed E-state index contributed by atoms with van der Waals surface area (Å²) >= 11 is 6.00. The zero-order valence-electron chi connectivity index (χ0n) is 11.5. The Labute approximate surface area is 119 Å². The SMILES string of the molecule is CCCNCc1ccc(Cn2ncc(Cl)c2C)cc1. The van der Waals surface area contributed by atoms with Gasteiger partial charge in [0.05, 0.1) is 23.5 Å². The first-order chi connectivity index (χ1) is 9.20. The van der Waals surface area contributed by atoms with Crippen LogP contribution >= 0.6 is 11.6 Å². The van der Waals surface area contributed by atoms with Crippen LogP contribution < -0.4 is 5.32 Å². The van der Waals surface area contributed by atoms with Crippen LogP contribution in [-0.2, 0) is 13.1 Å². The number of aromatic nitrogens is 2. The Morgan fingerprint density at radius 3 is 2.47 bits per heavy atom. The Hall–Kier alpha value is -1.32. The molecule has 2 aromatic rings. The average Bonchev–Trinajstić information content (AvgIpc) is 2.73. The molecule has 0 aliphatic rings. The molecule has 2 rings (SSSR count). The van der Waals surface area contributed by atoms with E-state index in [2.05, 4.69) is 41.6 Å². The van der Waals surface area contributed by atoms with Crippen molar-refractivity contribution in [3.63, 3.8) is 0 Å². The molecule has 0 atom stereocenters. The van der Waals surface area contributed by atoms with Crippen LogP contribution in [0.25, 0.3) is 0 Å². The Balaban J connectivity index is 1.97. The van der Waals surface area contributed by atoms with Crippen LogP contribution in [0.15, 0.2) is 30.5 Å². The zero-order chi connectivity index (χ0) is 13.7. The summed E-state index contributed by atoms with van der Waals surface area (Å²) in [5.74, 6) is 0. The van der Waals surface area contributed by atoms with Gasteiger partial charge in [0.25, 0.3) is 0 Å². The van der Waals surface area contributed by atoms with Crippen molar-refractivity contribution in [2.45, 2.75) is 33.4 Å². The fraction of sp³-hybridized carbons (Fsp3) is 0.400. The molecule has 1 aromatic heterocycles. The Morgan fingerprint density at radius 1 is 1.21 bits per heavy atom. The minimum atomic E-state index is 0.723. The second kappa shape index (κ2) is 6.73. The van der Waals surface area contributed by atoms with Gasteiger partial charge in [-0.15, -0.1) is 0 Å². The van der Waals surface area contributed by atoms with Crippen LogP contribution in [0.1, 0.15) is 30.2 Å². The summed E-state index contributed by atoms with van der Waals surface area (Å²) in [6.45, 7) is 6.92. The highest BCUT2D eigenvalue weighted by Crippen LogP contribution is 2.15. The summed E-state index contributed by atoms with van der Waals surface area (Å²) in [7, 11) is 0. The summed E-state index contributed by atoms with van der Waals surface area (Å²) in [5.41, 5.74) is 3.56. The maximum atomic E-state index is 6.00. The van der Waals surface area contributed by atoms with E-state index >= 15 is 0 Å². The Kier molecular flexibility index (Phi) is 5.00. The molecule has 0 saturated heterocycles. The largest absolute Gasteiger partial charge is 0.313 e. The first kappa shape index (κ1) is 14.1. The van der Waals surface area contributed by atoms with Gasteiger partial charge in [0, 0.05) is 6.54 Å². The van der Waals surface area contributed by atoms with E-state index < -0.39 is 0 Å². The van der Waals surface area contributed by atoms with E-state index in [0.717, 1.165) is 36.8 Å². The van der Waals surface area contributed by atoms with Gasteiger partial charge in [0.2, 0.25) is 0 Å². The summed E-state index contributed by atoms with van der Waals surface area (Å²) in [6, 6.07) is 8.63. The standard InChI is InChI=1S/C15H20ClN3/c1-3-8-17-9-13-4-6-14(7-5-13)11-19-12(2)15(16)10-18-19/h4-7,10,17H,3,8-9,11H2,1-2H3. The molecule has 19 heavy (non-hydrogen) atoms. The third kappa shape index (κ3) is 3.82. The fourth-order valence-electron chi connectivity index (χ4n) is 1.93. The molecule has 1 aromatic carbocycles. The predicted octanol–water partition coefficient (Wildman–Crippen LogP) is 3.39. The van der Waals surface area contributed by atoms with Crippen molar-refractivity contribution in [3.05, 3.63) is 52.3 Å². The second-order valence-electron chi connectivity index (χ2n) is 4.73. The van der Waals surface area contributed by atoms with Gasteiger partial charge in [-0.25, -0.2) is 0 Å². The van der Waals surface area contributed by atoms with Crippen molar-refractivity contribution in [1.29, 1.82) is 0 Å². The molecule has 0 unspecified atom stereocenters. The lowest BCUT2D eigenvalue weighted by molar-refractivity contribution is 0.662. The van der Waals surface area contributed by atoms with E-state index in [-0.39, 0.29) is 0 Å².